The van der Waals surface area contributed by atoms with Gasteiger partial charge in [-0.2, -0.15) is 0 Å². The van der Waals surface area contributed by atoms with Crippen molar-refractivity contribution in [2.75, 3.05) is 33.5 Å². The quantitative estimate of drug-likeness (QED) is 0.845. The number of rotatable bonds is 3. The molecule has 9 heteroatoms. The van der Waals surface area contributed by atoms with Crippen LogP contribution in [0.4, 0.5) is 11.4 Å². The zero-order chi connectivity index (χ0) is 14.9. The molecular formula is C13H18ClN3O3S2. The fraction of sp³-hybridized carbons (Fsp3) is 0.462. The summed E-state index contributed by atoms with van der Waals surface area (Å²) in [7, 11) is -3.20. The number of anilines is 2. The Morgan fingerprint density at radius 1 is 1.41 bits per heavy atom. The minimum absolute atomic E-state index is 0. The van der Waals surface area contributed by atoms with E-state index in [9.17, 15) is 13.2 Å². The van der Waals surface area contributed by atoms with Gasteiger partial charge < -0.3 is 5.32 Å². The highest BCUT2D eigenvalue weighted by Crippen LogP contribution is 2.26. The van der Waals surface area contributed by atoms with Gasteiger partial charge in [-0.3, -0.25) is 14.4 Å². The van der Waals surface area contributed by atoms with Crippen molar-refractivity contribution in [2.45, 2.75) is 12.5 Å². The first-order chi connectivity index (χ1) is 10.1. The van der Waals surface area contributed by atoms with E-state index in [1.165, 1.54) is 4.31 Å². The zero-order valence-electron chi connectivity index (χ0n) is 11.8. The third-order valence-electron chi connectivity index (χ3n) is 3.53. The summed E-state index contributed by atoms with van der Waals surface area (Å²) in [5, 5.41) is 5.94. The van der Waals surface area contributed by atoms with Gasteiger partial charge in [0.15, 0.2) is 0 Å². The molecule has 0 spiro atoms. The van der Waals surface area contributed by atoms with Crippen LogP contribution in [0, 0.1) is 0 Å². The molecule has 2 fully saturated rings. The lowest BCUT2D eigenvalue weighted by Gasteiger charge is -2.18. The van der Waals surface area contributed by atoms with E-state index in [1.54, 1.807) is 36.0 Å². The fourth-order valence-corrected chi connectivity index (χ4v) is 4.96. The molecule has 1 atom stereocenters. The molecule has 0 radical (unpaired) electrons. The Hall–Kier alpha value is -0.960. The molecule has 0 aliphatic carbocycles. The van der Waals surface area contributed by atoms with Crippen LogP contribution in [-0.4, -0.2) is 44.3 Å². The standard InChI is InChI=1S/C13H17N3O3S2.ClH/c17-13(12-8-20-9-14-12)15-10-3-1-4-11(7-10)16-5-2-6-21(16,18)19;/h1,3-4,7,12,14H,2,5-6,8-9H2,(H,15,17);1H. The molecule has 1 aromatic rings. The molecule has 122 valence electrons. The molecule has 1 aromatic carbocycles. The van der Waals surface area contributed by atoms with Gasteiger partial charge in [0, 0.05) is 23.9 Å². The van der Waals surface area contributed by atoms with Crippen molar-refractivity contribution >= 4 is 51.5 Å². The smallest absolute Gasteiger partial charge is 0.242 e. The predicted molar refractivity (Wildman–Crippen MR) is 92.3 cm³/mol. The molecular weight excluding hydrogens is 346 g/mol. The molecule has 3 rings (SSSR count). The Bertz CT molecular complexity index is 648. The largest absolute Gasteiger partial charge is 0.325 e. The van der Waals surface area contributed by atoms with Crippen LogP contribution in [0.3, 0.4) is 0 Å². The summed E-state index contributed by atoms with van der Waals surface area (Å²) in [4.78, 5) is 12.1. The Kier molecular flexibility index (Phi) is 5.60. The molecule has 0 saturated carbocycles. The molecule has 6 nitrogen and oxygen atoms in total. The van der Waals surface area contributed by atoms with Gasteiger partial charge in [-0.05, 0) is 24.6 Å². The molecule has 2 saturated heterocycles. The summed E-state index contributed by atoms with van der Waals surface area (Å²) in [5.74, 6) is 1.64. The Balaban J connectivity index is 0.00000176. The van der Waals surface area contributed by atoms with Crippen LogP contribution in [0.15, 0.2) is 24.3 Å². The number of hydrogen-bond acceptors (Lipinski definition) is 5. The average molecular weight is 364 g/mol. The molecule has 0 aromatic heterocycles. The summed E-state index contributed by atoms with van der Waals surface area (Å²) in [6, 6.07) is 6.81. The van der Waals surface area contributed by atoms with E-state index in [0.29, 0.717) is 24.3 Å². The first-order valence-electron chi connectivity index (χ1n) is 6.79. The van der Waals surface area contributed by atoms with Gasteiger partial charge >= 0.3 is 0 Å². The average Bonchev–Trinajstić information content (AvgIpc) is 3.08. The van der Waals surface area contributed by atoms with Crippen molar-refractivity contribution in [3.8, 4) is 0 Å². The second kappa shape index (κ2) is 7.08. The van der Waals surface area contributed by atoms with Crippen LogP contribution in [0.1, 0.15) is 6.42 Å². The van der Waals surface area contributed by atoms with E-state index >= 15 is 0 Å². The maximum Gasteiger partial charge on any atom is 0.242 e. The highest BCUT2D eigenvalue weighted by molar-refractivity contribution is 7.99. The lowest BCUT2D eigenvalue weighted by molar-refractivity contribution is -0.117. The van der Waals surface area contributed by atoms with Gasteiger partial charge in [0.25, 0.3) is 0 Å². The summed E-state index contributed by atoms with van der Waals surface area (Å²) in [6.07, 6.45) is 0.641. The van der Waals surface area contributed by atoms with Gasteiger partial charge in [-0.25, -0.2) is 8.42 Å². The van der Waals surface area contributed by atoms with E-state index in [2.05, 4.69) is 10.6 Å². The number of sulfonamides is 1. The minimum Gasteiger partial charge on any atom is -0.325 e. The first kappa shape index (κ1) is 17.4. The summed E-state index contributed by atoms with van der Waals surface area (Å²) < 4.78 is 25.3. The third kappa shape index (κ3) is 3.68. The van der Waals surface area contributed by atoms with E-state index in [-0.39, 0.29) is 30.1 Å². The number of benzene rings is 1. The minimum atomic E-state index is -3.20. The van der Waals surface area contributed by atoms with Gasteiger partial charge in [0.2, 0.25) is 15.9 Å². The number of carbonyl (C=O) groups excluding carboxylic acids is 1. The van der Waals surface area contributed by atoms with Crippen molar-refractivity contribution in [2.24, 2.45) is 0 Å². The SMILES string of the molecule is Cl.O=C(Nc1cccc(N2CCCS2(=O)=O)c1)C1CSCN1. The molecule has 2 aliphatic rings. The Morgan fingerprint density at radius 3 is 2.86 bits per heavy atom. The summed E-state index contributed by atoms with van der Waals surface area (Å²) in [5.41, 5.74) is 1.23. The van der Waals surface area contributed by atoms with Crippen LogP contribution in [0.2, 0.25) is 0 Å². The second-order valence-electron chi connectivity index (χ2n) is 5.05. The third-order valence-corrected chi connectivity index (χ3v) is 6.34. The maximum atomic E-state index is 12.1. The van der Waals surface area contributed by atoms with Crippen LogP contribution in [-0.2, 0) is 14.8 Å². The highest BCUT2D eigenvalue weighted by Gasteiger charge is 2.28. The number of carbonyl (C=O) groups is 1. The van der Waals surface area contributed by atoms with Gasteiger partial charge in [0.05, 0.1) is 17.5 Å². The number of amides is 1. The van der Waals surface area contributed by atoms with Crippen molar-refractivity contribution in [3.05, 3.63) is 24.3 Å². The summed E-state index contributed by atoms with van der Waals surface area (Å²) in [6.45, 7) is 0.501. The van der Waals surface area contributed by atoms with Crippen LogP contribution in [0.5, 0.6) is 0 Å². The van der Waals surface area contributed by atoms with Crippen molar-refractivity contribution in [1.29, 1.82) is 0 Å². The maximum absolute atomic E-state index is 12.1. The van der Waals surface area contributed by atoms with Gasteiger partial charge in [0.1, 0.15) is 0 Å². The molecule has 2 heterocycles. The molecule has 0 bridgehead atoms. The molecule has 2 aliphatic heterocycles. The monoisotopic (exact) mass is 363 g/mol. The van der Waals surface area contributed by atoms with Crippen molar-refractivity contribution < 1.29 is 13.2 Å². The highest BCUT2D eigenvalue weighted by atomic mass is 35.5. The summed E-state index contributed by atoms with van der Waals surface area (Å²) >= 11 is 1.68. The number of hydrogen-bond donors (Lipinski definition) is 2. The van der Waals surface area contributed by atoms with Crippen molar-refractivity contribution in [1.82, 2.24) is 5.32 Å². The van der Waals surface area contributed by atoms with E-state index in [0.717, 1.165) is 11.6 Å². The number of halogens is 1. The molecule has 1 amide bonds. The Labute approximate surface area is 140 Å². The molecule has 22 heavy (non-hydrogen) atoms. The molecule has 1 unspecified atom stereocenters. The Morgan fingerprint density at radius 2 is 2.23 bits per heavy atom. The lowest BCUT2D eigenvalue weighted by Crippen LogP contribution is -2.37. The fourth-order valence-electron chi connectivity index (χ4n) is 2.46. The lowest BCUT2D eigenvalue weighted by atomic mass is 10.2. The van der Waals surface area contributed by atoms with Crippen molar-refractivity contribution in [3.63, 3.8) is 0 Å². The van der Waals surface area contributed by atoms with Gasteiger partial charge in [-0.15, -0.1) is 24.2 Å². The zero-order valence-corrected chi connectivity index (χ0v) is 14.3. The van der Waals surface area contributed by atoms with E-state index in [1.807, 2.05) is 0 Å². The number of nitrogens with one attached hydrogen (secondary N) is 2. The van der Waals surface area contributed by atoms with Crippen LogP contribution in [0.25, 0.3) is 0 Å². The first-order valence-corrected chi connectivity index (χ1v) is 9.55. The topological polar surface area (TPSA) is 78.5 Å². The van der Waals surface area contributed by atoms with Gasteiger partial charge in [-0.1, -0.05) is 6.07 Å². The predicted octanol–water partition coefficient (Wildman–Crippen LogP) is 1.25. The van der Waals surface area contributed by atoms with Crippen LogP contribution < -0.4 is 14.9 Å². The van der Waals surface area contributed by atoms with E-state index in [4.69, 9.17) is 0 Å². The molecule has 2 N–H and O–H groups in total. The van der Waals surface area contributed by atoms with Crippen LogP contribution >= 0.6 is 24.2 Å². The normalized spacial score (nSPS) is 23.1. The number of nitrogens with zero attached hydrogens (tertiary/aromatic N) is 1. The van der Waals surface area contributed by atoms with E-state index < -0.39 is 10.0 Å². The second-order valence-corrected chi connectivity index (χ2v) is 8.10. The number of thioether (sulfide) groups is 1.